The van der Waals surface area contributed by atoms with E-state index in [0.717, 1.165) is 31.7 Å². The summed E-state index contributed by atoms with van der Waals surface area (Å²) in [6.45, 7) is 5.27. The van der Waals surface area contributed by atoms with Gasteiger partial charge in [-0.05, 0) is 25.0 Å². The highest BCUT2D eigenvalue weighted by Crippen LogP contribution is 2.25. The smallest absolute Gasteiger partial charge is 0.293 e. The van der Waals surface area contributed by atoms with Gasteiger partial charge in [0.15, 0.2) is 0 Å². The largest absolute Gasteiger partial charge is 0.377 e. The predicted molar refractivity (Wildman–Crippen MR) is 76.2 cm³/mol. The Morgan fingerprint density at radius 1 is 1.60 bits per heavy atom. The zero-order chi connectivity index (χ0) is 14.5. The van der Waals surface area contributed by atoms with Crippen LogP contribution in [0.2, 0.25) is 0 Å². The van der Waals surface area contributed by atoms with Crippen molar-refractivity contribution in [1.29, 1.82) is 0 Å². The number of nitrogens with zero attached hydrogens (tertiary/aromatic N) is 2. The molecule has 0 spiro atoms. The van der Waals surface area contributed by atoms with Crippen molar-refractivity contribution in [2.24, 2.45) is 5.84 Å². The van der Waals surface area contributed by atoms with E-state index in [1.807, 2.05) is 13.0 Å². The molecule has 7 heteroatoms. The fourth-order valence-electron chi connectivity index (χ4n) is 2.43. The number of hydrogen-bond donors (Lipinski definition) is 2. The van der Waals surface area contributed by atoms with Crippen LogP contribution in [-0.2, 0) is 11.3 Å². The van der Waals surface area contributed by atoms with Crippen molar-refractivity contribution in [3.05, 3.63) is 33.9 Å². The van der Waals surface area contributed by atoms with Gasteiger partial charge in [-0.25, -0.2) is 0 Å². The number of rotatable bonds is 4. The van der Waals surface area contributed by atoms with Crippen LogP contribution in [0, 0.1) is 10.1 Å². The quantitative estimate of drug-likeness (QED) is 0.493. The second-order valence-corrected chi connectivity index (χ2v) is 5.02. The molecule has 1 saturated heterocycles. The van der Waals surface area contributed by atoms with E-state index in [4.69, 9.17) is 10.6 Å². The molecule has 0 aromatic heterocycles. The Hall–Kier alpha value is -1.70. The van der Waals surface area contributed by atoms with Gasteiger partial charge in [0.25, 0.3) is 5.69 Å². The number of hydrazine groups is 1. The van der Waals surface area contributed by atoms with E-state index >= 15 is 0 Å². The van der Waals surface area contributed by atoms with Gasteiger partial charge in [0, 0.05) is 32.3 Å². The summed E-state index contributed by atoms with van der Waals surface area (Å²) in [6.07, 6.45) is 1.17. The van der Waals surface area contributed by atoms with E-state index in [1.54, 1.807) is 12.1 Å². The van der Waals surface area contributed by atoms with Gasteiger partial charge in [0.1, 0.15) is 5.69 Å². The third kappa shape index (κ3) is 3.66. The molecule has 1 fully saturated rings. The van der Waals surface area contributed by atoms with E-state index in [0.29, 0.717) is 12.2 Å². The lowest BCUT2D eigenvalue weighted by atomic mass is 10.1. The summed E-state index contributed by atoms with van der Waals surface area (Å²) in [5.74, 6) is 5.28. The van der Waals surface area contributed by atoms with E-state index in [2.05, 4.69) is 10.3 Å². The summed E-state index contributed by atoms with van der Waals surface area (Å²) in [5, 5.41) is 11.0. The number of nitro benzene ring substituents is 1. The van der Waals surface area contributed by atoms with Gasteiger partial charge in [-0.1, -0.05) is 6.07 Å². The van der Waals surface area contributed by atoms with Crippen molar-refractivity contribution in [2.45, 2.75) is 26.0 Å². The molecule has 1 unspecified atom stereocenters. The average molecular weight is 280 g/mol. The molecular formula is C13H20N4O3. The van der Waals surface area contributed by atoms with Crippen LogP contribution in [-0.4, -0.2) is 35.6 Å². The minimum Gasteiger partial charge on any atom is -0.377 e. The first-order chi connectivity index (χ1) is 9.60. The van der Waals surface area contributed by atoms with Crippen LogP contribution in [0.3, 0.4) is 0 Å². The molecule has 110 valence electrons. The lowest BCUT2D eigenvalue weighted by molar-refractivity contribution is -0.384. The molecule has 0 aliphatic carbocycles. The summed E-state index contributed by atoms with van der Waals surface area (Å²) in [5.41, 5.74) is 3.59. The Kier molecular flexibility index (Phi) is 4.89. The number of benzene rings is 1. The van der Waals surface area contributed by atoms with Crippen molar-refractivity contribution >= 4 is 11.4 Å². The Morgan fingerprint density at radius 3 is 3.10 bits per heavy atom. The molecule has 2 rings (SSSR count). The van der Waals surface area contributed by atoms with Gasteiger partial charge in [-0.15, -0.1) is 0 Å². The molecule has 0 saturated carbocycles. The molecular weight excluding hydrogens is 260 g/mol. The molecule has 1 aliphatic rings. The lowest BCUT2D eigenvalue weighted by Gasteiger charge is -2.21. The molecule has 1 aromatic rings. The van der Waals surface area contributed by atoms with E-state index in [9.17, 15) is 10.1 Å². The van der Waals surface area contributed by atoms with Gasteiger partial charge in [-0.3, -0.25) is 20.9 Å². The first kappa shape index (κ1) is 14.7. The van der Waals surface area contributed by atoms with Crippen molar-refractivity contribution in [3.63, 3.8) is 0 Å². The van der Waals surface area contributed by atoms with Crippen molar-refractivity contribution in [1.82, 2.24) is 4.90 Å². The molecule has 3 N–H and O–H groups in total. The fraction of sp³-hybridized carbons (Fsp3) is 0.538. The molecule has 1 atom stereocenters. The standard InChI is InChI=1S/C13H20N4O3/c1-10-8-16(5-2-6-20-10)9-11-3-4-12(15-14)13(7-11)17(18)19/h3-4,7,10,15H,2,5-6,8-9,14H2,1H3. The number of nitrogens with one attached hydrogen (secondary N) is 1. The van der Waals surface area contributed by atoms with Crippen LogP contribution in [0.25, 0.3) is 0 Å². The zero-order valence-electron chi connectivity index (χ0n) is 11.5. The van der Waals surface area contributed by atoms with Crippen molar-refractivity contribution in [3.8, 4) is 0 Å². The maximum Gasteiger partial charge on any atom is 0.293 e. The minimum absolute atomic E-state index is 0.00382. The maximum atomic E-state index is 11.0. The topological polar surface area (TPSA) is 93.7 Å². The minimum atomic E-state index is -0.424. The number of nitrogen functional groups attached to an aromatic ring is 1. The SMILES string of the molecule is CC1CN(Cc2ccc(NN)c([N+](=O)[O-])c2)CCCO1. The summed E-state index contributed by atoms with van der Waals surface area (Å²) >= 11 is 0. The second-order valence-electron chi connectivity index (χ2n) is 5.02. The van der Waals surface area contributed by atoms with Crippen LogP contribution < -0.4 is 11.3 Å². The highest BCUT2D eigenvalue weighted by atomic mass is 16.6. The van der Waals surface area contributed by atoms with Crippen LogP contribution >= 0.6 is 0 Å². The first-order valence-electron chi connectivity index (χ1n) is 6.68. The Morgan fingerprint density at radius 2 is 2.40 bits per heavy atom. The van der Waals surface area contributed by atoms with Crippen molar-refractivity contribution in [2.75, 3.05) is 25.1 Å². The third-order valence-electron chi connectivity index (χ3n) is 3.36. The van der Waals surface area contributed by atoms with Gasteiger partial charge < -0.3 is 10.2 Å². The van der Waals surface area contributed by atoms with Gasteiger partial charge >= 0.3 is 0 Å². The Bertz CT molecular complexity index is 481. The van der Waals surface area contributed by atoms with Gasteiger partial charge in [-0.2, -0.15) is 0 Å². The van der Waals surface area contributed by atoms with E-state index < -0.39 is 4.92 Å². The van der Waals surface area contributed by atoms with Crippen LogP contribution in [0.4, 0.5) is 11.4 Å². The van der Waals surface area contributed by atoms with E-state index in [-0.39, 0.29) is 11.8 Å². The van der Waals surface area contributed by atoms with Crippen molar-refractivity contribution < 1.29 is 9.66 Å². The van der Waals surface area contributed by atoms with Crippen LogP contribution in [0.1, 0.15) is 18.9 Å². The van der Waals surface area contributed by atoms with Gasteiger partial charge in [0.2, 0.25) is 0 Å². The Labute approximate surface area is 117 Å². The molecule has 1 aliphatic heterocycles. The fourth-order valence-corrected chi connectivity index (χ4v) is 2.43. The number of anilines is 1. The normalized spacial score (nSPS) is 20.4. The molecule has 7 nitrogen and oxygen atoms in total. The molecule has 0 amide bonds. The van der Waals surface area contributed by atoms with E-state index in [1.165, 1.54) is 0 Å². The lowest BCUT2D eigenvalue weighted by Crippen LogP contribution is -2.29. The second kappa shape index (κ2) is 6.65. The zero-order valence-corrected chi connectivity index (χ0v) is 11.5. The molecule has 1 heterocycles. The summed E-state index contributed by atoms with van der Waals surface area (Å²) < 4.78 is 5.59. The summed E-state index contributed by atoms with van der Waals surface area (Å²) in [7, 11) is 0. The molecule has 20 heavy (non-hydrogen) atoms. The van der Waals surface area contributed by atoms with Crippen LogP contribution in [0.15, 0.2) is 18.2 Å². The number of hydrogen-bond acceptors (Lipinski definition) is 6. The predicted octanol–water partition coefficient (Wildman–Crippen LogP) is 1.49. The highest BCUT2D eigenvalue weighted by Gasteiger charge is 2.18. The summed E-state index contributed by atoms with van der Waals surface area (Å²) in [4.78, 5) is 12.8. The average Bonchev–Trinajstić information content (AvgIpc) is 2.63. The molecule has 0 bridgehead atoms. The molecule has 0 radical (unpaired) electrons. The first-order valence-corrected chi connectivity index (χ1v) is 6.68. The molecule has 1 aromatic carbocycles. The summed E-state index contributed by atoms with van der Waals surface area (Å²) in [6, 6.07) is 5.08. The number of nitrogens with two attached hydrogens (primary N) is 1. The number of nitro groups is 1. The number of ether oxygens (including phenoxy) is 1. The van der Waals surface area contributed by atoms with Crippen LogP contribution in [0.5, 0.6) is 0 Å². The Balaban J connectivity index is 2.12. The highest BCUT2D eigenvalue weighted by molar-refractivity contribution is 5.61. The maximum absolute atomic E-state index is 11.0. The van der Waals surface area contributed by atoms with Gasteiger partial charge in [0.05, 0.1) is 11.0 Å². The third-order valence-corrected chi connectivity index (χ3v) is 3.36. The monoisotopic (exact) mass is 280 g/mol.